The van der Waals surface area contributed by atoms with Crippen LogP contribution in [0.5, 0.6) is 5.88 Å². The molecule has 1 amide bonds. The number of amides is 1. The van der Waals surface area contributed by atoms with Gasteiger partial charge in [0.25, 0.3) is 0 Å². The third-order valence-corrected chi connectivity index (χ3v) is 5.98. The second-order valence-corrected chi connectivity index (χ2v) is 7.49. The second kappa shape index (κ2) is 5.77. The highest BCUT2D eigenvalue weighted by atomic mass is 16.5. The number of fused-ring (bicyclic) bond motifs is 5. The first-order chi connectivity index (χ1) is 12.7. The lowest BCUT2D eigenvalue weighted by atomic mass is 9.75. The SMILES string of the molecule is COc1ccc(NC(=O)C2C3OC(C4CC43)C2c2ccc(C)nc2)cn1. The van der Waals surface area contributed by atoms with Crippen molar-refractivity contribution in [2.45, 2.75) is 31.5 Å². The Labute approximate surface area is 151 Å². The number of anilines is 1. The summed E-state index contributed by atoms with van der Waals surface area (Å²) < 4.78 is 11.3. The van der Waals surface area contributed by atoms with E-state index < -0.39 is 0 Å². The summed E-state index contributed by atoms with van der Waals surface area (Å²) in [4.78, 5) is 21.7. The Morgan fingerprint density at radius 2 is 2.00 bits per heavy atom. The van der Waals surface area contributed by atoms with Gasteiger partial charge in [0.1, 0.15) is 0 Å². The Hall–Kier alpha value is -2.47. The van der Waals surface area contributed by atoms with Crippen LogP contribution in [0.15, 0.2) is 36.7 Å². The number of aromatic nitrogens is 2. The molecular formula is C20H21N3O3. The number of methoxy groups -OCH3 is 1. The summed E-state index contributed by atoms with van der Waals surface area (Å²) in [6.45, 7) is 1.97. The summed E-state index contributed by atoms with van der Waals surface area (Å²) in [5.74, 6) is 1.56. The van der Waals surface area contributed by atoms with E-state index in [-0.39, 0.29) is 30.0 Å². The van der Waals surface area contributed by atoms with Gasteiger partial charge in [0.05, 0.1) is 37.1 Å². The van der Waals surface area contributed by atoms with Gasteiger partial charge in [-0.25, -0.2) is 4.98 Å². The van der Waals surface area contributed by atoms with Crippen molar-refractivity contribution in [3.05, 3.63) is 47.9 Å². The number of hydrogen-bond acceptors (Lipinski definition) is 5. The molecule has 2 saturated heterocycles. The minimum Gasteiger partial charge on any atom is -0.481 e. The van der Waals surface area contributed by atoms with Crippen LogP contribution in [-0.2, 0) is 9.53 Å². The highest BCUT2D eigenvalue weighted by Gasteiger charge is 2.68. The molecule has 6 nitrogen and oxygen atoms in total. The van der Waals surface area contributed by atoms with Crippen molar-refractivity contribution in [2.75, 3.05) is 12.4 Å². The van der Waals surface area contributed by atoms with Gasteiger partial charge >= 0.3 is 0 Å². The quantitative estimate of drug-likeness (QED) is 0.916. The van der Waals surface area contributed by atoms with Crippen LogP contribution in [0.1, 0.15) is 23.6 Å². The van der Waals surface area contributed by atoms with Gasteiger partial charge in [-0.2, -0.15) is 0 Å². The molecule has 1 N–H and O–H groups in total. The van der Waals surface area contributed by atoms with E-state index in [0.717, 1.165) is 11.3 Å². The maximum Gasteiger partial charge on any atom is 0.230 e. The van der Waals surface area contributed by atoms with Crippen molar-refractivity contribution >= 4 is 11.6 Å². The summed E-state index contributed by atoms with van der Waals surface area (Å²) in [6, 6.07) is 7.64. The van der Waals surface area contributed by atoms with Gasteiger partial charge in [0.2, 0.25) is 11.8 Å². The van der Waals surface area contributed by atoms with Gasteiger partial charge in [-0.05, 0) is 42.9 Å². The number of carbonyl (C=O) groups is 1. The minimum absolute atomic E-state index is 0.000363. The third kappa shape index (κ3) is 2.40. The fourth-order valence-corrected chi connectivity index (χ4v) is 4.67. The first kappa shape index (κ1) is 15.8. The minimum atomic E-state index is -0.185. The summed E-state index contributed by atoms with van der Waals surface area (Å²) in [6.07, 6.45) is 4.85. The van der Waals surface area contributed by atoms with Crippen molar-refractivity contribution in [1.82, 2.24) is 9.97 Å². The van der Waals surface area contributed by atoms with Crippen molar-refractivity contribution < 1.29 is 14.3 Å². The zero-order chi connectivity index (χ0) is 17.8. The topological polar surface area (TPSA) is 73.3 Å². The second-order valence-electron chi connectivity index (χ2n) is 7.49. The van der Waals surface area contributed by atoms with Crippen LogP contribution in [0, 0.1) is 24.7 Å². The van der Waals surface area contributed by atoms with Gasteiger partial charge in [-0.15, -0.1) is 0 Å². The predicted molar refractivity (Wildman–Crippen MR) is 94.9 cm³/mol. The van der Waals surface area contributed by atoms with E-state index >= 15 is 0 Å². The van der Waals surface area contributed by atoms with Crippen molar-refractivity contribution in [3.8, 4) is 5.88 Å². The summed E-state index contributed by atoms with van der Waals surface area (Å²) in [5.41, 5.74) is 2.75. The normalized spacial score (nSPS) is 33.6. The lowest BCUT2D eigenvalue weighted by Crippen LogP contribution is -2.37. The number of rotatable bonds is 4. The molecule has 2 aromatic rings. The monoisotopic (exact) mass is 351 g/mol. The lowest BCUT2D eigenvalue weighted by molar-refractivity contribution is -0.122. The largest absolute Gasteiger partial charge is 0.481 e. The van der Waals surface area contributed by atoms with Gasteiger partial charge in [0.15, 0.2) is 0 Å². The maximum atomic E-state index is 13.1. The molecule has 26 heavy (non-hydrogen) atoms. The number of aryl methyl sites for hydroxylation is 1. The van der Waals surface area contributed by atoms with Crippen molar-refractivity contribution in [2.24, 2.45) is 17.8 Å². The zero-order valence-electron chi connectivity index (χ0n) is 14.8. The van der Waals surface area contributed by atoms with Gasteiger partial charge in [-0.1, -0.05) is 6.07 Å². The number of pyridine rings is 2. The smallest absolute Gasteiger partial charge is 0.230 e. The van der Waals surface area contributed by atoms with Gasteiger partial charge in [-0.3, -0.25) is 9.78 Å². The van der Waals surface area contributed by atoms with E-state index in [4.69, 9.17) is 9.47 Å². The molecule has 4 heterocycles. The molecule has 2 aliphatic heterocycles. The summed E-state index contributed by atoms with van der Waals surface area (Å²) >= 11 is 0. The van der Waals surface area contributed by atoms with Crippen LogP contribution >= 0.6 is 0 Å². The number of nitrogens with one attached hydrogen (secondary N) is 1. The first-order valence-electron chi connectivity index (χ1n) is 9.04. The molecule has 2 aromatic heterocycles. The molecule has 0 radical (unpaired) electrons. The molecule has 2 bridgehead atoms. The molecule has 1 saturated carbocycles. The predicted octanol–water partition coefficient (Wildman–Crippen LogP) is 2.55. The van der Waals surface area contributed by atoms with Crippen LogP contribution in [-0.4, -0.2) is 35.2 Å². The Morgan fingerprint density at radius 1 is 1.15 bits per heavy atom. The highest BCUT2D eigenvalue weighted by Crippen LogP contribution is 2.65. The van der Waals surface area contributed by atoms with Crippen LogP contribution in [0.4, 0.5) is 5.69 Å². The van der Waals surface area contributed by atoms with E-state index in [1.54, 1.807) is 25.4 Å². The average Bonchev–Trinajstić information content (AvgIpc) is 3.28. The first-order valence-corrected chi connectivity index (χ1v) is 9.04. The van der Waals surface area contributed by atoms with E-state index in [1.165, 1.54) is 6.42 Å². The van der Waals surface area contributed by atoms with E-state index in [1.807, 2.05) is 19.2 Å². The Bertz CT molecular complexity index is 836. The molecule has 6 heteroatoms. The molecule has 0 aromatic carbocycles. The molecule has 134 valence electrons. The van der Waals surface area contributed by atoms with Crippen LogP contribution < -0.4 is 10.1 Å². The van der Waals surface area contributed by atoms with E-state index in [0.29, 0.717) is 23.4 Å². The Morgan fingerprint density at radius 3 is 2.69 bits per heavy atom. The van der Waals surface area contributed by atoms with Crippen molar-refractivity contribution in [1.29, 1.82) is 0 Å². The van der Waals surface area contributed by atoms with Crippen LogP contribution in [0.3, 0.4) is 0 Å². The highest BCUT2D eigenvalue weighted by molar-refractivity contribution is 5.94. The average molecular weight is 351 g/mol. The van der Waals surface area contributed by atoms with Crippen LogP contribution in [0.25, 0.3) is 0 Å². The molecule has 1 aliphatic carbocycles. The fourth-order valence-electron chi connectivity index (χ4n) is 4.67. The van der Waals surface area contributed by atoms with Gasteiger partial charge < -0.3 is 14.8 Å². The Kier molecular flexibility index (Phi) is 3.50. The van der Waals surface area contributed by atoms with E-state index in [2.05, 4.69) is 21.4 Å². The summed E-state index contributed by atoms with van der Waals surface area (Å²) in [7, 11) is 1.57. The third-order valence-electron chi connectivity index (χ3n) is 5.98. The molecule has 6 atom stereocenters. The van der Waals surface area contributed by atoms with E-state index in [9.17, 15) is 4.79 Å². The number of carbonyl (C=O) groups excluding carboxylic acids is 1. The lowest BCUT2D eigenvalue weighted by Gasteiger charge is -2.27. The molecule has 3 fully saturated rings. The fraction of sp³-hybridized carbons (Fsp3) is 0.450. The number of ether oxygens (including phenoxy) is 2. The van der Waals surface area contributed by atoms with Gasteiger partial charge in [0, 0.05) is 23.9 Å². The maximum absolute atomic E-state index is 13.1. The molecular weight excluding hydrogens is 330 g/mol. The number of nitrogens with zero attached hydrogens (tertiary/aromatic N) is 2. The number of hydrogen-bond donors (Lipinski definition) is 1. The van der Waals surface area contributed by atoms with Crippen LogP contribution in [0.2, 0.25) is 0 Å². The molecule has 5 rings (SSSR count). The molecule has 0 spiro atoms. The molecule has 6 unspecified atom stereocenters. The standard InChI is InChI=1S/C20H21N3O3/c1-10-3-4-11(8-21-10)16-17(19-14-7-13(14)18(16)26-19)20(24)23-12-5-6-15(25-2)22-9-12/h3-6,8-9,13-14,16-19H,7H2,1-2H3,(H,23,24). The Balaban J connectivity index is 1.41. The summed E-state index contributed by atoms with van der Waals surface area (Å²) in [5, 5.41) is 3.01. The van der Waals surface area contributed by atoms with Crippen molar-refractivity contribution in [3.63, 3.8) is 0 Å². The molecule has 3 aliphatic rings. The zero-order valence-corrected chi connectivity index (χ0v) is 14.8.